The maximum atomic E-state index is 12.8. The second kappa shape index (κ2) is 8.33. The van der Waals surface area contributed by atoms with Crippen LogP contribution in [0.15, 0.2) is 35.8 Å². The molecule has 1 atom stereocenters. The third kappa shape index (κ3) is 3.96. The number of nitrogens with one attached hydrogen (secondary N) is 3. The number of amides is 1. The smallest absolute Gasteiger partial charge is 0.258 e. The molecule has 3 N–H and O–H groups in total. The molecule has 1 aliphatic heterocycles. The average Bonchev–Trinajstić information content (AvgIpc) is 2.97. The van der Waals surface area contributed by atoms with E-state index in [2.05, 4.69) is 32.0 Å². The van der Waals surface area contributed by atoms with E-state index >= 15 is 0 Å². The quantitative estimate of drug-likeness (QED) is 0.629. The predicted molar refractivity (Wildman–Crippen MR) is 111 cm³/mol. The lowest BCUT2D eigenvalue weighted by Gasteiger charge is -2.16. The molecule has 0 saturated carbocycles. The average molecular weight is 392 g/mol. The molecule has 0 aliphatic carbocycles. The molecular formula is C20H20N6OS. The summed E-state index contributed by atoms with van der Waals surface area (Å²) in [5, 5.41) is 20.6. The van der Waals surface area contributed by atoms with Crippen molar-refractivity contribution in [2.45, 2.75) is 25.3 Å². The monoisotopic (exact) mass is 392 g/mol. The van der Waals surface area contributed by atoms with E-state index in [1.54, 1.807) is 35.8 Å². The van der Waals surface area contributed by atoms with Gasteiger partial charge in [0, 0.05) is 18.0 Å². The molecule has 1 saturated heterocycles. The largest absolute Gasteiger partial charge is 0.365 e. The molecule has 3 heterocycles. The van der Waals surface area contributed by atoms with Crippen molar-refractivity contribution in [3.63, 3.8) is 0 Å². The lowest BCUT2D eigenvalue weighted by Crippen LogP contribution is -2.31. The Labute approximate surface area is 166 Å². The summed E-state index contributed by atoms with van der Waals surface area (Å²) in [7, 11) is 0. The Morgan fingerprint density at radius 3 is 3.11 bits per heavy atom. The van der Waals surface area contributed by atoms with Gasteiger partial charge in [0.1, 0.15) is 22.2 Å². The van der Waals surface area contributed by atoms with Gasteiger partial charge in [0.05, 0.1) is 23.0 Å². The molecule has 0 bridgehead atoms. The number of hydrogen-bond donors (Lipinski definition) is 3. The van der Waals surface area contributed by atoms with E-state index < -0.39 is 0 Å². The zero-order valence-electron chi connectivity index (χ0n) is 15.2. The van der Waals surface area contributed by atoms with Crippen LogP contribution < -0.4 is 16.0 Å². The molecule has 3 aromatic rings. The van der Waals surface area contributed by atoms with Gasteiger partial charge in [-0.25, -0.2) is 9.97 Å². The minimum absolute atomic E-state index is 0.295. The van der Waals surface area contributed by atoms with E-state index in [0.29, 0.717) is 39.0 Å². The van der Waals surface area contributed by atoms with Crippen LogP contribution in [-0.2, 0) is 0 Å². The molecule has 1 amide bonds. The summed E-state index contributed by atoms with van der Waals surface area (Å²) in [6, 6.07) is 9.31. The molecule has 2 aromatic heterocycles. The van der Waals surface area contributed by atoms with Crippen molar-refractivity contribution >= 4 is 39.1 Å². The highest BCUT2D eigenvalue weighted by Gasteiger charge is 2.18. The highest BCUT2D eigenvalue weighted by Crippen LogP contribution is 2.25. The van der Waals surface area contributed by atoms with E-state index in [4.69, 9.17) is 0 Å². The molecule has 28 heavy (non-hydrogen) atoms. The van der Waals surface area contributed by atoms with Gasteiger partial charge in [0.15, 0.2) is 0 Å². The summed E-state index contributed by atoms with van der Waals surface area (Å²) in [5.74, 6) is 0.377. The van der Waals surface area contributed by atoms with Crippen LogP contribution in [0.25, 0.3) is 10.3 Å². The standard InChI is InChI=1S/C20H20N6OS/c21-9-13-5-1-2-7-16(13)25-19(27)15-12-28-20-18(15)26-17(11-23-20)24-14-6-3-4-8-22-10-14/h1-2,5,7,11-12,14,22H,3-4,6,8,10H2,(H,24,26)(H,25,27)/t14-/m1/s1. The molecule has 0 unspecified atom stereocenters. The molecule has 7 nitrogen and oxygen atoms in total. The number of carbonyl (C=O) groups excluding carboxylic acids is 1. The number of benzene rings is 1. The fourth-order valence-electron chi connectivity index (χ4n) is 3.27. The second-order valence-corrected chi connectivity index (χ2v) is 7.57. The van der Waals surface area contributed by atoms with Crippen LogP contribution in [0.3, 0.4) is 0 Å². The zero-order chi connectivity index (χ0) is 19.3. The number of nitriles is 1. The van der Waals surface area contributed by atoms with E-state index in [9.17, 15) is 10.1 Å². The Morgan fingerprint density at radius 1 is 1.32 bits per heavy atom. The Hall–Kier alpha value is -3.02. The van der Waals surface area contributed by atoms with Crippen molar-refractivity contribution < 1.29 is 4.79 Å². The normalized spacial score (nSPS) is 16.9. The van der Waals surface area contributed by atoms with Gasteiger partial charge in [-0.15, -0.1) is 11.3 Å². The van der Waals surface area contributed by atoms with Gasteiger partial charge in [-0.3, -0.25) is 4.79 Å². The summed E-state index contributed by atoms with van der Waals surface area (Å²) >= 11 is 1.38. The van der Waals surface area contributed by atoms with Gasteiger partial charge in [-0.1, -0.05) is 18.6 Å². The number of anilines is 2. The molecule has 0 spiro atoms. The minimum Gasteiger partial charge on any atom is -0.365 e. The lowest BCUT2D eigenvalue weighted by atomic mass is 10.1. The third-order valence-corrected chi connectivity index (χ3v) is 5.60. The number of nitrogens with zero attached hydrogens (tertiary/aromatic N) is 3. The number of rotatable bonds is 4. The maximum absolute atomic E-state index is 12.8. The van der Waals surface area contributed by atoms with Gasteiger partial charge in [0.2, 0.25) is 0 Å². The highest BCUT2D eigenvalue weighted by atomic mass is 32.1. The van der Waals surface area contributed by atoms with Crippen molar-refractivity contribution in [3.8, 4) is 6.07 Å². The van der Waals surface area contributed by atoms with Crippen LogP contribution in [0, 0.1) is 11.3 Å². The van der Waals surface area contributed by atoms with Crippen LogP contribution in [0.2, 0.25) is 0 Å². The fraction of sp³-hybridized carbons (Fsp3) is 0.300. The first-order valence-electron chi connectivity index (χ1n) is 9.26. The van der Waals surface area contributed by atoms with Crippen LogP contribution in [0.1, 0.15) is 35.2 Å². The summed E-state index contributed by atoms with van der Waals surface area (Å²) in [6.07, 6.45) is 5.15. The predicted octanol–water partition coefficient (Wildman–Crippen LogP) is 3.37. The summed E-state index contributed by atoms with van der Waals surface area (Å²) in [6.45, 7) is 1.93. The first kappa shape index (κ1) is 18.3. The first-order valence-corrected chi connectivity index (χ1v) is 10.1. The number of aromatic nitrogens is 2. The second-order valence-electron chi connectivity index (χ2n) is 6.71. The third-order valence-electron chi connectivity index (χ3n) is 4.72. The van der Waals surface area contributed by atoms with E-state index in [1.165, 1.54) is 24.2 Å². The molecule has 142 valence electrons. The van der Waals surface area contributed by atoms with Crippen LogP contribution >= 0.6 is 11.3 Å². The van der Waals surface area contributed by atoms with Gasteiger partial charge in [-0.05, 0) is 31.5 Å². The first-order chi connectivity index (χ1) is 13.7. The van der Waals surface area contributed by atoms with Gasteiger partial charge < -0.3 is 16.0 Å². The molecule has 1 fully saturated rings. The summed E-state index contributed by atoms with van der Waals surface area (Å²) < 4.78 is 0. The van der Waals surface area contributed by atoms with Crippen molar-refractivity contribution in [1.82, 2.24) is 15.3 Å². The van der Waals surface area contributed by atoms with Crippen molar-refractivity contribution in [3.05, 3.63) is 47.0 Å². The molecule has 4 rings (SSSR count). The lowest BCUT2D eigenvalue weighted by molar-refractivity contribution is 0.102. The van der Waals surface area contributed by atoms with Crippen LogP contribution in [0.4, 0.5) is 11.5 Å². The Kier molecular flexibility index (Phi) is 5.46. The summed E-state index contributed by atoms with van der Waals surface area (Å²) in [4.78, 5) is 22.6. The van der Waals surface area contributed by atoms with Crippen LogP contribution in [-0.4, -0.2) is 35.0 Å². The molecule has 1 aromatic carbocycles. The van der Waals surface area contributed by atoms with Crippen molar-refractivity contribution in [2.75, 3.05) is 23.7 Å². The number of carbonyl (C=O) groups is 1. The molecule has 8 heteroatoms. The number of thiophene rings is 1. The molecular weight excluding hydrogens is 372 g/mol. The van der Waals surface area contributed by atoms with Crippen molar-refractivity contribution in [2.24, 2.45) is 0 Å². The Bertz CT molecular complexity index is 1030. The Morgan fingerprint density at radius 2 is 2.21 bits per heavy atom. The number of para-hydroxylation sites is 1. The van der Waals surface area contributed by atoms with Gasteiger partial charge in [-0.2, -0.15) is 5.26 Å². The SMILES string of the molecule is N#Cc1ccccc1NC(=O)c1csc2ncc(N[C@@H]3CCCCNC3)nc12. The van der Waals surface area contributed by atoms with E-state index in [0.717, 1.165) is 19.5 Å². The number of hydrogen-bond acceptors (Lipinski definition) is 7. The highest BCUT2D eigenvalue weighted by molar-refractivity contribution is 7.17. The minimum atomic E-state index is -0.295. The van der Waals surface area contributed by atoms with Crippen LogP contribution in [0.5, 0.6) is 0 Å². The Balaban J connectivity index is 1.57. The maximum Gasteiger partial charge on any atom is 0.258 e. The van der Waals surface area contributed by atoms with Crippen molar-refractivity contribution in [1.29, 1.82) is 5.26 Å². The number of fused-ring (bicyclic) bond motifs is 1. The molecule has 1 aliphatic rings. The van der Waals surface area contributed by atoms with E-state index in [1.807, 2.05) is 0 Å². The molecule has 0 radical (unpaired) electrons. The zero-order valence-corrected chi connectivity index (χ0v) is 16.1. The topological polar surface area (TPSA) is 103 Å². The fourth-order valence-corrected chi connectivity index (χ4v) is 4.10. The summed E-state index contributed by atoms with van der Waals surface area (Å²) in [5.41, 5.74) is 1.94. The van der Waals surface area contributed by atoms with E-state index in [-0.39, 0.29) is 5.91 Å². The van der Waals surface area contributed by atoms with Gasteiger partial charge >= 0.3 is 0 Å². The van der Waals surface area contributed by atoms with Gasteiger partial charge in [0.25, 0.3) is 5.91 Å².